The minimum absolute atomic E-state index is 0.295. The molecule has 0 aliphatic heterocycles. The fraction of sp³-hybridized carbons (Fsp3) is 0.0455. The molecule has 4 rings (SSSR count). The standard InChI is InChI=1S/C22H15BrN4O4/c1-12-18(20(28)26-15-10-24-21(25-11-15)31-22(29)30)16-9-14(23)7-8-17(16)27-19(12)13-5-3-2-4-6-13/h2-11H,1H3,(H,26,28)(H,29,30). The molecule has 0 fully saturated rings. The van der Waals surface area contributed by atoms with Crippen LogP contribution in [-0.2, 0) is 0 Å². The Morgan fingerprint density at radius 2 is 1.77 bits per heavy atom. The highest BCUT2D eigenvalue weighted by molar-refractivity contribution is 9.10. The molecule has 9 heteroatoms. The molecular weight excluding hydrogens is 464 g/mol. The van der Waals surface area contributed by atoms with E-state index >= 15 is 0 Å². The summed E-state index contributed by atoms with van der Waals surface area (Å²) in [7, 11) is 0. The van der Waals surface area contributed by atoms with Gasteiger partial charge in [0.1, 0.15) is 0 Å². The van der Waals surface area contributed by atoms with Gasteiger partial charge in [-0.05, 0) is 30.7 Å². The predicted octanol–water partition coefficient (Wildman–Crippen LogP) is 5.07. The van der Waals surface area contributed by atoms with Gasteiger partial charge in [0.15, 0.2) is 0 Å². The molecule has 0 spiro atoms. The van der Waals surface area contributed by atoms with E-state index in [4.69, 9.17) is 10.1 Å². The van der Waals surface area contributed by atoms with E-state index in [0.29, 0.717) is 27.8 Å². The van der Waals surface area contributed by atoms with E-state index in [1.807, 2.05) is 55.5 Å². The van der Waals surface area contributed by atoms with Gasteiger partial charge in [0.25, 0.3) is 5.91 Å². The smallest absolute Gasteiger partial charge is 0.449 e. The zero-order valence-corrected chi connectivity index (χ0v) is 17.8. The van der Waals surface area contributed by atoms with Gasteiger partial charge in [-0.3, -0.25) is 4.79 Å². The second-order valence-electron chi connectivity index (χ2n) is 6.56. The van der Waals surface area contributed by atoms with Crippen molar-refractivity contribution in [1.29, 1.82) is 0 Å². The maximum absolute atomic E-state index is 13.3. The van der Waals surface area contributed by atoms with E-state index in [-0.39, 0.29) is 11.9 Å². The van der Waals surface area contributed by atoms with E-state index in [0.717, 1.165) is 15.6 Å². The molecule has 1 amide bonds. The summed E-state index contributed by atoms with van der Waals surface area (Å²) in [5, 5.41) is 12.1. The van der Waals surface area contributed by atoms with Gasteiger partial charge in [-0.15, -0.1) is 0 Å². The lowest BCUT2D eigenvalue weighted by molar-refractivity contribution is 0.102. The van der Waals surface area contributed by atoms with Crippen LogP contribution in [0.3, 0.4) is 0 Å². The van der Waals surface area contributed by atoms with Crippen molar-refractivity contribution < 1.29 is 19.4 Å². The predicted molar refractivity (Wildman–Crippen MR) is 118 cm³/mol. The molecule has 31 heavy (non-hydrogen) atoms. The summed E-state index contributed by atoms with van der Waals surface area (Å²) in [5.41, 5.74) is 3.78. The fourth-order valence-corrected chi connectivity index (χ4v) is 3.57. The van der Waals surface area contributed by atoms with Gasteiger partial charge in [-0.2, -0.15) is 0 Å². The van der Waals surface area contributed by atoms with Crippen molar-refractivity contribution in [3.8, 4) is 17.3 Å². The topological polar surface area (TPSA) is 114 Å². The van der Waals surface area contributed by atoms with Crippen LogP contribution in [0.15, 0.2) is 65.4 Å². The number of pyridine rings is 1. The zero-order chi connectivity index (χ0) is 22.0. The van der Waals surface area contributed by atoms with Crippen LogP contribution in [0.25, 0.3) is 22.2 Å². The van der Waals surface area contributed by atoms with E-state index in [2.05, 4.69) is 36.0 Å². The van der Waals surface area contributed by atoms with Crippen molar-refractivity contribution in [1.82, 2.24) is 15.0 Å². The number of benzene rings is 2. The number of rotatable bonds is 4. The molecule has 0 aliphatic rings. The second kappa shape index (κ2) is 8.49. The summed E-state index contributed by atoms with van der Waals surface area (Å²) in [6.07, 6.45) is 1.03. The average Bonchev–Trinajstić information content (AvgIpc) is 2.75. The molecule has 2 aromatic heterocycles. The highest BCUT2D eigenvalue weighted by Crippen LogP contribution is 2.31. The number of nitrogens with one attached hydrogen (secondary N) is 1. The van der Waals surface area contributed by atoms with Gasteiger partial charge < -0.3 is 15.2 Å². The number of aromatic nitrogens is 3. The largest absolute Gasteiger partial charge is 0.513 e. The summed E-state index contributed by atoms with van der Waals surface area (Å²) < 4.78 is 5.20. The van der Waals surface area contributed by atoms with Crippen molar-refractivity contribution in [2.24, 2.45) is 0 Å². The Labute approximate surface area is 185 Å². The number of hydrogen-bond donors (Lipinski definition) is 2. The third kappa shape index (κ3) is 4.36. The van der Waals surface area contributed by atoms with Crippen molar-refractivity contribution in [2.75, 3.05) is 5.32 Å². The maximum atomic E-state index is 13.3. The number of amides is 1. The molecule has 0 saturated heterocycles. The zero-order valence-electron chi connectivity index (χ0n) is 16.2. The maximum Gasteiger partial charge on any atom is 0.513 e. The molecule has 0 radical (unpaired) electrons. The van der Waals surface area contributed by atoms with E-state index in [9.17, 15) is 9.59 Å². The van der Waals surface area contributed by atoms with Gasteiger partial charge in [0.2, 0.25) is 0 Å². The van der Waals surface area contributed by atoms with Crippen LogP contribution in [0.4, 0.5) is 10.5 Å². The molecule has 0 aliphatic carbocycles. The Kier molecular flexibility index (Phi) is 5.59. The number of carbonyl (C=O) groups is 2. The van der Waals surface area contributed by atoms with E-state index < -0.39 is 6.16 Å². The van der Waals surface area contributed by atoms with Crippen LogP contribution < -0.4 is 10.1 Å². The number of carbonyl (C=O) groups excluding carboxylic acids is 1. The molecule has 4 aromatic rings. The number of hydrogen-bond acceptors (Lipinski definition) is 6. The lowest BCUT2D eigenvalue weighted by Gasteiger charge is -2.15. The van der Waals surface area contributed by atoms with Crippen LogP contribution >= 0.6 is 15.9 Å². The van der Waals surface area contributed by atoms with Gasteiger partial charge in [0.05, 0.1) is 34.9 Å². The Morgan fingerprint density at radius 3 is 2.45 bits per heavy atom. The Morgan fingerprint density at radius 1 is 1.06 bits per heavy atom. The summed E-state index contributed by atoms with van der Waals surface area (Å²) in [6, 6.07) is 14.9. The molecular formula is C22H15BrN4O4. The first kappa shape index (κ1) is 20.4. The van der Waals surface area contributed by atoms with E-state index in [1.54, 1.807) is 0 Å². The molecule has 8 nitrogen and oxygen atoms in total. The minimum Gasteiger partial charge on any atom is -0.449 e. The highest BCUT2D eigenvalue weighted by atomic mass is 79.9. The summed E-state index contributed by atoms with van der Waals surface area (Å²) in [5.74, 6) is -0.365. The van der Waals surface area contributed by atoms with Crippen molar-refractivity contribution in [2.45, 2.75) is 6.92 Å². The van der Waals surface area contributed by atoms with Crippen LogP contribution in [0, 0.1) is 6.92 Å². The van der Waals surface area contributed by atoms with Crippen LogP contribution in [-0.4, -0.2) is 32.1 Å². The monoisotopic (exact) mass is 478 g/mol. The number of anilines is 1. The minimum atomic E-state index is -1.52. The first-order valence-electron chi connectivity index (χ1n) is 9.12. The van der Waals surface area contributed by atoms with Gasteiger partial charge in [-0.1, -0.05) is 46.3 Å². The van der Waals surface area contributed by atoms with Gasteiger partial charge in [0, 0.05) is 15.4 Å². The normalized spacial score (nSPS) is 10.6. The number of carboxylic acid groups (broad SMARTS) is 1. The third-order valence-corrected chi connectivity index (χ3v) is 5.02. The van der Waals surface area contributed by atoms with Crippen LogP contribution in [0.5, 0.6) is 6.01 Å². The summed E-state index contributed by atoms with van der Waals surface area (Å²) in [6.45, 7) is 1.85. The lowest BCUT2D eigenvalue weighted by Crippen LogP contribution is -2.16. The molecule has 0 saturated carbocycles. The summed E-state index contributed by atoms with van der Waals surface area (Å²) in [4.78, 5) is 36.2. The molecule has 0 atom stereocenters. The van der Waals surface area contributed by atoms with Crippen LogP contribution in [0.1, 0.15) is 15.9 Å². The average molecular weight is 479 g/mol. The third-order valence-electron chi connectivity index (χ3n) is 4.53. The molecule has 2 heterocycles. The quantitative estimate of drug-likeness (QED) is 0.393. The van der Waals surface area contributed by atoms with Crippen LogP contribution in [0.2, 0.25) is 0 Å². The summed E-state index contributed by atoms with van der Waals surface area (Å²) >= 11 is 3.46. The first-order valence-corrected chi connectivity index (χ1v) is 9.91. The fourth-order valence-electron chi connectivity index (χ4n) is 3.21. The number of ether oxygens (including phenoxy) is 1. The number of nitrogens with zero attached hydrogens (tertiary/aromatic N) is 3. The molecule has 154 valence electrons. The number of halogens is 1. The lowest BCUT2D eigenvalue weighted by atomic mass is 9.97. The molecule has 2 aromatic carbocycles. The van der Waals surface area contributed by atoms with Crippen molar-refractivity contribution >= 4 is 44.6 Å². The second-order valence-corrected chi connectivity index (χ2v) is 7.48. The van der Waals surface area contributed by atoms with Gasteiger partial charge >= 0.3 is 12.2 Å². The Hall–Kier alpha value is -3.85. The highest BCUT2D eigenvalue weighted by Gasteiger charge is 2.20. The molecule has 0 unspecified atom stereocenters. The van der Waals surface area contributed by atoms with Crippen molar-refractivity contribution in [3.05, 3.63) is 76.5 Å². The van der Waals surface area contributed by atoms with E-state index in [1.165, 1.54) is 12.4 Å². The first-order chi connectivity index (χ1) is 14.9. The van der Waals surface area contributed by atoms with Gasteiger partial charge in [-0.25, -0.2) is 19.7 Å². The number of fused-ring (bicyclic) bond motifs is 1. The SMILES string of the molecule is Cc1c(-c2ccccc2)nc2ccc(Br)cc2c1C(=O)Nc1cnc(OC(=O)O)nc1. The Bertz CT molecular complexity index is 1290. The Balaban J connectivity index is 1.78. The molecule has 2 N–H and O–H groups in total. The molecule has 0 bridgehead atoms. The van der Waals surface area contributed by atoms with Crippen molar-refractivity contribution in [3.63, 3.8) is 0 Å².